The lowest BCUT2D eigenvalue weighted by Gasteiger charge is -2.18. The standard InChI is InChI=1S/C16H16F3NO/c1-10-7-8-12(9-13(10)17)11(2)20-14-5-3-4-6-15(14)21-16(18)19/h3-9,11,16,20H,1-2H3. The van der Waals surface area contributed by atoms with Gasteiger partial charge in [-0.2, -0.15) is 8.78 Å². The smallest absolute Gasteiger partial charge is 0.387 e. The van der Waals surface area contributed by atoms with Crippen molar-refractivity contribution in [2.45, 2.75) is 26.5 Å². The fraction of sp³-hybridized carbons (Fsp3) is 0.250. The van der Waals surface area contributed by atoms with Crippen LogP contribution in [0.15, 0.2) is 42.5 Å². The van der Waals surface area contributed by atoms with Crippen LogP contribution in [0.1, 0.15) is 24.1 Å². The van der Waals surface area contributed by atoms with Crippen molar-refractivity contribution in [3.05, 3.63) is 59.4 Å². The molecule has 0 aliphatic heterocycles. The van der Waals surface area contributed by atoms with Crippen molar-refractivity contribution in [2.24, 2.45) is 0 Å². The van der Waals surface area contributed by atoms with Gasteiger partial charge in [-0.3, -0.25) is 0 Å². The van der Waals surface area contributed by atoms with Crippen LogP contribution in [0.4, 0.5) is 18.9 Å². The normalized spacial score (nSPS) is 12.3. The van der Waals surface area contributed by atoms with Gasteiger partial charge >= 0.3 is 6.61 Å². The van der Waals surface area contributed by atoms with Crippen LogP contribution < -0.4 is 10.1 Å². The predicted molar refractivity (Wildman–Crippen MR) is 76.2 cm³/mol. The van der Waals surface area contributed by atoms with Crippen molar-refractivity contribution >= 4 is 5.69 Å². The maximum absolute atomic E-state index is 13.6. The first-order chi connectivity index (χ1) is 9.97. The fourth-order valence-electron chi connectivity index (χ4n) is 1.98. The Labute approximate surface area is 121 Å². The van der Waals surface area contributed by atoms with Crippen LogP contribution in [0.2, 0.25) is 0 Å². The minimum absolute atomic E-state index is 0.0620. The molecule has 0 bridgehead atoms. The van der Waals surface area contributed by atoms with E-state index in [9.17, 15) is 13.2 Å². The minimum atomic E-state index is -2.89. The number of halogens is 3. The number of anilines is 1. The molecule has 0 amide bonds. The number of benzene rings is 2. The van der Waals surface area contributed by atoms with E-state index in [0.29, 0.717) is 11.3 Å². The van der Waals surface area contributed by atoms with Crippen LogP contribution in [0.3, 0.4) is 0 Å². The molecule has 5 heteroatoms. The first-order valence-electron chi connectivity index (χ1n) is 6.54. The van der Waals surface area contributed by atoms with E-state index in [2.05, 4.69) is 10.1 Å². The molecule has 112 valence electrons. The minimum Gasteiger partial charge on any atom is -0.433 e. The molecule has 1 N–H and O–H groups in total. The van der Waals surface area contributed by atoms with Crippen molar-refractivity contribution in [1.29, 1.82) is 0 Å². The van der Waals surface area contributed by atoms with E-state index in [1.807, 2.05) is 6.92 Å². The Morgan fingerprint density at radius 1 is 1.10 bits per heavy atom. The molecule has 2 rings (SSSR count). The quantitative estimate of drug-likeness (QED) is 0.846. The van der Waals surface area contributed by atoms with Gasteiger partial charge < -0.3 is 10.1 Å². The highest BCUT2D eigenvalue weighted by Gasteiger charge is 2.13. The molecular weight excluding hydrogens is 279 g/mol. The molecule has 0 spiro atoms. The lowest BCUT2D eigenvalue weighted by Crippen LogP contribution is -2.10. The summed E-state index contributed by atoms with van der Waals surface area (Å²) in [4.78, 5) is 0. The van der Waals surface area contributed by atoms with Crippen molar-refractivity contribution in [3.63, 3.8) is 0 Å². The Kier molecular flexibility index (Phi) is 4.73. The summed E-state index contributed by atoms with van der Waals surface area (Å²) in [6.07, 6.45) is 0. The average molecular weight is 295 g/mol. The molecule has 1 atom stereocenters. The molecule has 0 heterocycles. The number of nitrogens with one attached hydrogen (secondary N) is 1. The second-order valence-corrected chi connectivity index (χ2v) is 4.75. The molecular formula is C16H16F3NO. The molecule has 0 saturated heterocycles. The van der Waals surface area contributed by atoms with E-state index in [4.69, 9.17) is 0 Å². The summed E-state index contributed by atoms with van der Waals surface area (Å²) >= 11 is 0. The number of hydrogen-bond donors (Lipinski definition) is 1. The Morgan fingerprint density at radius 2 is 1.81 bits per heavy atom. The number of alkyl halides is 2. The second-order valence-electron chi connectivity index (χ2n) is 4.75. The van der Waals surface area contributed by atoms with Gasteiger partial charge in [0.15, 0.2) is 0 Å². The molecule has 21 heavy (non-hydrogen) atoms. The molecule has 0 saturated carbocycles. The first-order valence-corrected chi connectivity index (χ1v) is 6.54. The maximum Gasteiger partial charge on any atom is 0.387 e. The Bertz CT molecular complexity index is 616. The van der Waals surface area contributed by atoms with Gasteiger partial charge in [-0.05, 0) is 43.2 Å². The van der Waals surface area contributed by atoms with Crippen LogP contribution in [0, 0.1) is 12.7 Å². The fourth-order valence-corrected chi connectivity index (χ4v) is 1.98. The lowest BCUT2D eigenvalue weighted by atomic mass is 10.1. The third-order valence-electron chi connectivity index (χ3n) is 3.17. The summed E-state index contributed by atoms with van der Waals surface area (Å²) in [7, 11) is 0. The van der Waals surface area contributed by atoms with E-state index < -0.39 is 6.61 Å². The second kappa shape index (κ2) is 6.52. The zero-order chi connectivity index (χ0) is 15.4. The Balaban J connectivity index is 2.19. The summed E-state index contributed by atoms with van der Waals surface area (Å²) in [6.45, 7) is 0.617. The summed E-state index contributed by atoms with van der Waals surface area (Å²) in [5.74, 6) is -0.231. The predicted octanol–water partition coefficient (Wildman–Crippen LogP) is 4.91. The van der Waals surface area contributed by atoms with Crippen LogP contribution in [0.25, 0.3) is 0 Å². The van der Waals surface area contributed by atoms with Gasteiger partial charge in [0.05, 0.1) is 5.69 Å². The van der Waals surface area contributed by atoms with E-state index in [1.54, 1.807) is 37.3 Å². The molecule has 1 unspecified atom stereocenters. The number of aryl methyl sites for hydroxylation is 1. The third-order valence-corrected chi connectivity index (χ3v) is 3.17. The van der Waals surface area contributed by atoms with E-state index in [0.717, 1.165) is 5.56 Å². The maximum atomic E-state index is 13.6. The summed E-state index contributed by atoms with van der Waals surface area (Å²) in [5, 5.41) is 3.05. The molecule has 0 aliphatic carbocycles. The Hall–Kier alpha value is -2.17. The van der Waals surface area contributed by atoms with Gasteiger partial charge in [-0.25, -0.2) is 4.39 Å². The third kappa shape index (κ3) is 3.90. The van der Waals surface area contributed by atoms with Gasteiger partial charge in [0.25, 0.3) is 0 Å². The molecule has 0 radical (unpaired) electrons. The van der Waals surface area contributed by atoms with Crippen molar-refractivity contribution in [3.8, 4) is 5.75 Å². The van der Waals surface area contributed by atoms with E-state index in [-0.39, 0.29) is 17.6 Å². The van der Waals surface area contributed by atoms with Crippen LogP contribution in [-0.2, 0) is 0 Å². The number of rotatable bonds is 5. The number of ether oxygens (including phenoxy) is 1. The Morgan fingerprint density at radius 3 is 2.48 bits per heavy atom. The zero-order valence-corrected chi connectivity index (χ0v) is 11.7. The topological polar surface area (TPSA) is 21.3 Å². The van der Waals surface area contributed by atoms with Crippen molar-refractivity contribution in [2.75, 3.05) is 5.32 Å². The summed E-state index contributed by atoms with van der Waals surface area (Å²) in [5.41, 5.74) is 1.73. The van der Waals surface area contributed by atoms with Gasteiger partial charge in [0.2, 0.25) is 0 Å². The van der Waals surface area contributed by atoms with E-state index in [1.165, 1.54) is 12.1 Å². The monoisotopic (exact) mass is 295 g/mol. The van der Waals surface area contributed by atoms with Gasteiger partial charge in [-0.1, -0.05) is 24.3 Å². The van der Waals surface area contributed by atoms with Gasteiger partial charge in [0.1, 0.15) is 11.6 Å². The summed E-state index contributed by atoms with van der Waals surface area (Å²) in [6, 6.07) is 11.1. The zero-order valence-electron chi connectivity index (χ0n) is 11.7. The van der Waals surface area contributed by atoms with Gasteiger partial charge in [0, 0.05) is 6.04 Å². The van der Waals surface area contributed by atoms with Crippen LogP contribution in [0.5, 0.6) is 5.75 Å². The first kappa shape index (κ1) is 15.2. The van der Waals surface area contributed by atoms with Crippen molar-refractivity contribution < 1.29 is 17.9 Å². The largest absolute Gasteiger partial charge is 0.433 e. The van der Waals surface area contributed by atoms with Crippen LogP contribution >= 0.6 is 0 Å². The number of hydrogen-bond acceptors (Lipinski definition) is 2. The lowest BCUT2D eigenvalue weighted by molar-refractivity contribution is -0.0493. The SMILES string of the molecule is Cc1ccc(C(C)Nc2ccccc2OC(F)F)cc1F. The average Bonchev–Trinajstić information content (AvgIpc) is 2.43. The molecule has 0 aliphatic rings. The van der Waals surface area contributed by atoms with Crippen molar-refractivity contribution in [1.82, 2.24) is 0 Å². The summed E-state index contributed by atoms with van der Waals surface area (Å²) < 4.78 is 42.8. The molecule has 0 aromatic heterocycles. The highest BCUT2D eigenvalue weighted by molar-refractivity contribution is 5.57. The molecule has 0 fully saturated rings. The highest BCUT2D eigenvalue weighted by atomic mass is 19.3. The molecule has 2 nitrogen and oxygen atoms in total. The van der Waals surface area contributed by atoms with E-state index >= 15 is 0 Å². The molecule has 2 aromatic carbocycles. The number of para-hydroxylation sites is 2. The van der Waals surface area contributed by atoms with Crippen LogP contribution in [-0.4, -0.2) is 6.61 Å². The molecule has 2 aromatic rings. The van der Waals surface area contributed by atoms with Gasteiger partial charge in [-0.15, -0.1) is 0 Å². The highest BCUT2D eigenvalue weighted by Crippen LogP contribution is 2.29.